The van der Waals surface area contributed by atoms with E-state index in [1.54, 1.807) is 29.6 Å². The van der Waals surface area contributed by atoms with Crippen LogP contribution in [0.1, 0.15) is 94.6 Å². The van der Waals surface area contributed by atoms with Crippen LogP contribution in [0.2, 0.25) is 0 Å². The number of carbonyl (C=O) groups is 2. The second kappa shape index (κ2) is 13.4. The molecule has 1 saturated carbocycles. The molecule has 1 aliphatic rings. The Hall–Kier alpha value is -2.96. The van der Waals surface area contributed by atoms with Crippen LogP contribution in [-0.2, 0) is 4.79 Å². The van der Waals surface area contributed by atoms with Crippen LogP contribution in [-0.4, -0.2) is 46.1 Å². The Morgan fingerprint density at radius 1 is 1.18 bits per heavy atom. The van der Waals surface area contributed by atoms with E-state index in [1.807, 2.05) is 39.8 Å². The number of aromatic carboxylic acids is 1. The molecular weight excluding hydrogens is 510 g/mol. The van der Waals surface area contributed by atoms with Crippen molar-refractivity contribution in [3.63, 3.8) is 0 Å². The molecule has 2 N–H and O–H groups in total. The van der Waals surface area contributed by atoms with Crippen molar-refractivity contribution in [3.05, 3.63) is 34.4 Å². The van der Waals surface area contributed by atoms with Gasteiger partial charge in [-0.05, 0) is 85.1 Å². The highest BCUT2D eigenvalue weighted by atomic mass is 32.1. The van der Waals surface area contributed by atoms with Crippen LogP contribution in [0.5, 0.6) is 0 Å². The molecule has 2 atom stereocenters. The van der Waals surface area contributed by atoms with Crippen LogP contribution in [0.15, 0.2) is 24.7 Å². The van der Waals surface area contributed by atoms with E-state index in [0.717, 1.165) is 43.4 Å². The fourth-order valence-electron chi connectivity index (χ4n) is 4.85. The molecule has 0 spiro atoms. The zero-order chi connectivity index (χ0) is 28.7. The molecule has 1 amide bonds. The third-order valence-corrected chi connectivity index (χ3v) is 8.12. The molecular formula is C30H43N5O3S. The summed E-state index contributed by atoms with van der Waals surface area (Å²) in [6, 6.07) is 1.72. The third-order valence-electron chi connectivity index (χ3n) is 7.09. The number of hydrazine groups is 1. The van der Waals surface area contributed by atoms with Gasteiger partial charge in [0, 0.05) is 42.9 Å². The molecule has 212 valence electrons. The fourth-order valence-corrected chi connectivity index (χ4v) is 5.69. The normalized spacial score (nSPS) is 18.9. The van der Waals surface area contributed by atoms with E-state index in [1.165, 1.54) is 0 Å². The first-order valence-electron chi connectivity index (χ1n) is 13.8. The number of anilines is 2. The van der Waals surface area contributed by atoms with Gasteiger partial charge in [-0.1, -0.05) is 18.8 Å². The topological polar surface area (TPSA) is 98.7 Å². The molecule has 2 heterocycles. The summed E-state index contributed by atoms with van der Waals surface area (Å²) < 4.78 is 0. The number of thiophene rings is 1. The number of aromatic nitrogens is 2. The Labute approximate surface area is 237 Å². The molecule has 0 bridgehead atoms. The number of rotatable bonds is 10. The second-order valence-electron chi connectivity index (χ2n) is 11.9. The zero-order valence-electron chi connectivity index (χ0n) is 24.3. The maximum atomic E-state index is 14.0. The molecule has 1 fully saturated rings. The van der Waals surface area contributed by atoms with Gasteiger partial charge in [0.2, 0.25) is 5.91 Å². The molecule has 0 aliphatic heterocycles. The molecule has 3 rings (SSSR count). The highest BCUT2D eigenvalue weighted by molar-refractivity contribution is 7.15. The average molecular weight is 554 g/mol. The lowest BCUT2D eigenvalue weighted by molar-refractivity contribution is -0.124. The van der Waals surface area contributed by atoms with Crippen molar-refractivity contribution in [1.82, 2.24) is 15.4 Å². The van der Waals surface area contributed by atoms with Gasteiger partial charge in [-0.3, -0.25) is 14.8 Å². The molecule has 0 saturated heterocycles. The van der Waals surface area contributed by atoms with Gasteiger partial charge in [-0.15, -0.1) is 11.3 Å². The molecule has 2 aromatic heterocycles. The van der Waals surface area contributed by atoms with Gasteiger partial charge in [0.25, 0.3) is 0 Å². The van der Waals surface area contributed by atoms with Crippen molar-refractivity contribution in [2.75, 3.05) is 17.0 Å². The number of nitrogens with one attached hydrogen (secondary N) is 1. The Bertz CT molecular complexity index is 1170. The van der Waals surface area contributed by atoms with Crippen LogP contribution < -0.4 is 15.3 Å². The number of carboxylic acid groups (broad SMARTS) is 1. The fraction of sp³-hybridized carbons (Fsp3) is 0.600. The summed E-state index contributed by atoms with van der Waals surface area (Å²) in [7, 11) is 1.90. The van der Waals surface area contributed by atoms with E-state index in [2.05, 4.69) is 41.1 Å². The summed E-state index contributed by atoms with van der Waals surface area (Å²) in [5, 5.41) is 11.9. The Morgan fingerprint density at radius 3 is 2.46 bits per heavy atom. The summed E-state index contributed by atoms with van der Waals surface area (Å²) in [6.07, 6.45) is 10.2. The highest BCUT2D eigenvalue weighted by Crippen LogP contribution is 2.37. The molecule has 0 unspecified atom stereocenters. The van der Waals surface area contributed by atoms with Crippen LogP contribution in [0.3, 0.4) is 0 Å². The van der Waals surface area contributed by atoms with E-state index in [-0.39, 0.29) is 34.2 Å². The van der Waals surface area contributed by atoms with E-state index < -0.39 is 5.97 Å². The van der Waals surface area contributed by atoms with Crippen LogP contribution in [0.4, 0.5) is 11.5 Å². The molecule has 1 aliphatic carbocycles. The molecule has 0 radical (unpaired) electrons. The molecule has 8 nitrogen and oxygen atoms in total. The second-order valence-corrected chi connectivity index (χ2v) is 12.9. The molecule has 2 aromatic rings. The predicted molar refractivity (Wildman–Crippen MR) is 158 cm³/mol. The van der Waals surface area contributed by atoms with Gasteiger partial charge in [0.1, 0.15) is 4.88 Å². The Kier molecular flexibility index (Phi) is 10.5. The quantitative estimate of drug-likeness (QED) is 0.275. The summed E-state index contributed by atoms with van der Waals surface area (Å²) in [5.41, 5.74) is 3.67. The van der Waals surface area contributed by atoms with Crippen molar-refractivity contribution in [2.24, 2.45) is 17.3 Å². The zero-order valence-corrected chi connectivity index (χ0v) is 25.1. The SMILES string of the molecule is CC1CCC(C(=O)N(c2cc(C#CC(C)(C)C)sc2C(=O)O)[C@H](C)CC[C@H](C)NN(C)c2cnccn2)CC1. The van der Waals surface area contributed by atoms with Crippen LogP contribution in [0.25, 0.3) is 0 Å². The minimum atomic E-state index is -1.03. The first-order valence-corrected chi connectivity index (χ1v) is 14.7. The molecule has 9 heteroatoms. The number of carboxylic acids is 1. The number of carbonyl (C=O) groups excluding carboxylic acids is 1. The van der Waals surface area contributed by atoms with Crippen molar-refractivity contribution < 1.29 is 14.7 Å². The van der Waals surface area contributed by atoms with Gasteiger partial charge < -0.3 is 10.0 Å². The first-order chi connectivity index (χ1) is 18.4. The van der Waals surface area contributed by atoms with Gasteiger partial charge in [0.05, 0.1) is 16.8 Å². The highest BCUT2D eigenvalue weighted by Gasteiger charge is 2.34. The Morgan fingerprint density at radius 2 is 1.87 bits per heavy atom. The monoisotopic (exact) mass is 553 g/mol. The average Bonchev–Trinajstić information content (AvgIpc) is 3.31. The summed E-state index contributed by atoms with van der Waals surface area (Å²) in [4.78, 5) is 37.4. The summed E-state index contributed by atoms with van der Waals surface area (Å²) in [5.74, 6) is 6.59. The van der Waals surface area contributed by atoms with Gasteiger partial charge in [-0.2, -0.15) is 0 Å². The number of hydrogen-bond donors (Lipinski definition) is 2. The van der Waals surface area contributed by atoms with E-state index in [9.17, 15) is 14.7 Å². The van der Waals surface area contributed by atoms with Crippen molar-refractivity contribution in [3.8, 4) is 11.8 Å². The number of hydrogen-bond acceptors (Lipinski definition) is 7. The van der Waals surface area contributed by atoms with Crippen molar-refractivity contribution >= 4 is 34.7 Å². The minimum Gasteiger partial charge on any atom is -0.477 e. The largest absolute Gasteiger partial charge is 0.477 e. The smallest absolute Gasteiger partial charge is 0.348 e. The van der Waals surface area contributed by atoms with Crippen molar-refractivity contribution in [2.45, 2.75) is 92.2 Å². The molecule has 0 aromatic carbocycles. The van der Waals surface area contributed by atoms with Crippen LogP contribution in [0, 0.1) is 29.1 Å². The predicted octanol–water partition coefficient (Wildman–Crippen LogP) is 5.99. The summed E-state index contributed by atoms with van der Waals surface area (Å²) in [6.45, 7) is 12.4. The van der Waals surface area contributed by atoms with E-state index >= 15 is 0 Å². The van der Waals surface area contributed by atoms with Gasteiger partial charge in [-0.25, -0.2) is 15.2 Å². The van der Waals surface area contributed by atoms with Gasteiger partial charge >= 0.3 is 5.97 Å². The lowest BCUT2D eigenvalue weighted by atomic mass is 9.82. The van der Waals surface area contributed by atoms with E-state index in [4.69, 9.17) is 0 Å². The lowest BCUT2D eigenvalue weighted by Crippen LogP contribution is -2.45. The maximum Gasteiger partial charge on any atom is 0.348 e. The minimum absolute atomic E-state index is 0.0299. The summed E-state index contributed by atoms with van der Waals surface area (Å²) >= 11 is 1.15. The standard InChI is InChI=1S/C30H43N5O3S/c1-20-8-12-23(13-9-20)28(36)35(25-18-24(14-15-30(4,5)6)39-27(25)29(37)38)22(3)11-10-21(2)33-34(7)26-19-31-16-17-32-26/h16-23,33H,8-13H2,1-7H3,(H,37,38)/t20?,21-,22+,23?/m0/s1. The van der Waals surface area contributed by atoms with E-state index in [0.29, 0.717) is 28.7 Å². The maximum absolute atomic E-state index is 14.0. The lowest BCUT2D eigenvalue weighted by Gasteiger charge is -2.35. The number of amides is 1. The Balaban J connectivity index is 1.85. The third kappa shape index (κ3) is 8.77. The molecule has 39 heavy (non-hydrogen) atoms. The van der Waals surface area contributed by atoms with Gasteiger partial charge in [0.15, 0.2) is 5.82 Å². The number of nitrogens with zero attached hydrogens (tertiary/aromatic N) is 4. The first kappa shape index (κ1) is 30.6. The van der Waals surface area contributed by atoms with Crippen LogP contribution >= 0.6 is 11.3 Å². The van der Waals surface area contributed by atoms with Crippen molar-refractivity contribution in [1.29, 1.82) is 0 Å².